The molecule has 184 valence electrons. The third-order valence-electron chi connectivity index (χ3n) is 6.62. The Morgan fingerprint density at radius 2 is 1.56 bits per heavy atom. The van der Waals surface area contributed by atoms with Crippen LogP contribution in [-0.2, 0) is 5.41 Å². The lowest BCUT2D eigenvalue weighted by Crippen LogP contribution is -2.49. The molecule has 0 radical (unpaired) electrons. The molecule has 0 unspecified atom stereocenters. The molecule has 0 bridgehead atoms. The van der Waals surface area contributed by atoms with Crippen molar-refractivity contribution in [3.05, 3.63) is 87.9 Å². The van der Waals surface area contributed by atoms with Crippen molar-refractivity contribution in [1.29, 1.82) is 0 Å². The monoisotopic (exact) mass is 518 g/mol. The summed E-state index contributed by atoms with van der Waals surface area (Å²) >= 11 is 12.8. The van der Waals surface area contributed by atoms with E-state index in [-0.39, 0.29) is 11.3 Å². The first-order chi connectivity index (χ1) is 17.2. The summed E-state index contributed by atoms with van der Waals surface area (Å²) in [4.78, 5) is 27.0. The standard InChI is InChI=1S/C29H28Cl2N4O/c1-29(2,3)20-10-8-19(9-11-20)28(36)35-16-14-34(15-17-35)27-23-13-12-21(30)18-25(23)32-26(33-27)22-6-4-5-7-24(22)31/h4-13,18H,14-17H2,1-3H3. The lowest BCUT2D eigenvalue weighted by atomic mass is 9.86. The zero-order chi connectivity index (χ0) is 25.4. The number of piperazine rings is 1. The van der Waals surface area contributed by atoms with Crippen molar-refractivity contribution in [3.8, 4) is 11.4 Å². The van der Waals surface area contributed by atoms with E-state index in [0.717, 1.165) is 27.8 Å². The Bertz CT molecular complexity index is 1420. The number of carbonyl (C=O) groups excluding carboxylic acids is 1. The molecule has 1 fully saturated rings. The molecule has 7 heteroatoms. The Kier molecular flexibility index (Phi) is 6.62. The smallest absolute Gasteiger partial charge is 0.253 e. The summed E-state index contributed by atoms with van der Waals surface area (Å²) in [5, 5.41) is 2.13. The molecule has 1 aromatic heterocycles. The van der Waals surface area contributed by atoms with E-state index in [1.165, 1.54) is 5.56 Å². The lowest BCUT2D eigenvalue weighted by molar-refractivity contribution is 0.0746. The van der Waals surface area contributed by atoms with Gasteiger partial charge in [0.15, 0.2) is 5.82 Å². The second-order valence-corrected chi connectivity index (χ2v) is 11.0. The summed E-state index contributed by atoms with van der Waals surface area (Å²) < 4.78 is 0. The highest BCUT2D eigenvalue weighted by atomic mass is 35.5. The molecule has 1 aliphatic rings. The molecule has 36 heavy (non-hydrogen) atoms. The molecule has 5 rings (SSSR count). The van der Waals surface area contributed by atoms with Crippen molar-refractivity contribution >= 4 is 45.8 Å². The van der Waals surface area contributed by atoms with Crippen LogP contribution in [0.25, 0.3) is 22.3 Å². The van der Waals surface area contributed by atoms with Gasteiger partial charge in [-0.3, -0.25) is 4.79 Å². The van der Waals surface area contributed by atoms with Crippen molar-refractivity contribution in [2.24, 2.45) is 0 Å². The number of benzene rings is 3. The molecule has 0 atom stereocenters. The fourth-order valence-electron chi connectivity index (χ4n) is 4.51. The number of hydrogen-bond donors (Lipinski definition) is 0. The molecule has 1 amide bonds. The van der Waals surface area contributed by atoms with E-state index in [1.807, 2.05) is 59.5 Å². The maximum absolute atomic E-state index is 13.2. The molecule has 1 aliphatic heterocycles. The third kappa shape index (κ3) is 4.91. The Balaban J connectivity index is 1.40. The van der Waals surface area contributed by atoms with E-state index < -0.39 is 0 Å². The van der Waals surface area contributed by atoms with E-state index in [4.69, 9.17) is 33.2 Å². The second kappa shape index (κ2) is 9.72. The summed E-state index contributed by atoms with van der Waals surface area (Å²) in [7, 11) is 0. The normalized spacial score (nSPS) is 14.4. The molecule has 3 aromatic carbocycles. The maximum atomic E-state index is 13.2. The fraction of sp³-hybridized carbons (Fsp3) is 0.276. The van der Waals surface area contributed by atoms with Gasteiger partial charge in [0.25, 0.3) is 5.91 Å². The Hall–Kier alpha value is -3.15. The first-order valence-electron chi connectivity index (χ1n) is 12.1. The van der Waals surface area contributed by atoms with Crippen LogP contribution in [0.15, 0.2) is 66.7 Å². The number of aromatic nitrogens is 2. The molecule has 0 aliphatic carbocycles. The molecule has 1 saturated heterocycles. The van der Waals surface area contributed by atoms with Gasteiger partial charge in [-0.2, -0.15) is 0 Å². The molecule has 0 saturated carbocycles. The highest BCUT2D eigenvalue weighted by Gasteiger charge is 2.25. The highest BCUT2D eigenvalue weighted by Crippen LogP contribution is 2.32. The quantitative estimate of drug-likeness (QED) is 0.297. The minimum absolute atomic E-state index is 0.0561. The van der Waals surface area contributed by atoms with Gasteiger partial charge in [0, 0.05) is 47.7 Å². The van der Waals surface area contributed by atoms with E-state index in [9.17, 15) is 4.79 Å². The number of anilines is 1. The van der Waals surface area contributed by atoms with Gasteiger partial charge in [-0.1, -0.05) is 68.2 Å². The van der Waals surface area contributed by atoms with E-state index in [0.29, 0.717) is 42.0 Å². The molecule has 4 aromatic rings. The summed E-state index contributed by atoms with van der Waals surface area (Å²) in [5.41, 5.74) is 3.53. The van der Waals surface area contributed by atoms with Gasteiger partial charge in [0.2, 0.25) is 0 Å². The summed E-state index contributed by atoms with van der Waals surface area (Å²) in [5.74, 6) is 1.45. The van der Waals surface area contributed by atoms with Crippen LogP contribution in [0.5, 0.6) is 0 Å². The topological polar surface area (TPSA) is 49.3 Å². The van der Waals surface area contributed by atoms with Crippen LogP contribution in [0.3, 0.4) is 0 Å². The number of nitrogens with zero attached hydrogens (tertiary/aromatic N) is 4. The van der Waals surface area contributed by atoms with Crippen LogP contribution in [0.2, 0.25) is 10.0 Å². The van der Waals surface area contributed by atoms with Crippen molar-refractivity contribution in [3.63, 3.8) is 0 Å². The largest absolute Gasteiger partial charge is 0.352 e. The predicted octanol–water partition coefficient (Wildman–Crippen LogP) is 6.86. The molecule has 5 nitrogen and oxygen atoms in total. The van der Waals surface area contributed by atoms with E-state index >= 15 is 0 Å². The molecule has 2 heterocycles. The maximum Gasteiger partial charge on any atom is 0.253 e. The summed E-state index contributed by atoms with van der Waals surface area (Å²) in [6, 6.07) is 21.2. The van der Waals surface area contributed by atoms with Crippen LogP contribution >= 0.6 is 23.2 Å². The average molecular weight is 519 g/mol. The molecular weight excluding hydrogens is 491 g/mol. The van der Waals surface area contributed by atoms with Crippen molar-refractivity contribution in [1.82, 2.24) is 14.9 Å². The van der Waals surface area contributed by atoms with Crippen LogP contribution in [0, 0.1) is 0 Å². The Labute approximate surface area is 221 Å². The van der Waals surface area contributed by atoms with E-state index in [2.05, 4.69) is 37.8 Å². The Morgan fingerprint density at radius 3 is 2.22 bits per heavy atom. The van der Waals surface area contributed by atoms with Gasteiger partial charge >= 0.3 is 0 Å². The zero-order valence-electron chi connectivity index (χ0n) is 20.6. The van der Waals surface area contributed by atoms with Gasteiger partial charge in [-0.25, -0.2) is 9.97 Å². The number of fused-ring (bicyclic) bond motifs is 1. The van der Waals surface area contributed by atoms with Gasteiger partial charge in [-0.15, -0.1) is 0 Å². The van der Waals surface area contributed by atoms with Crippen LogP contribution in [-0.4, -0.2) is 47.0 Å². The van der Waals surface area contributed by atoms with Crippen LogP contribution in [0.4, 0.5) is 5.82 Å². The van der Waals surface area contributed by atoms with Gasteiger partial charge < -0.3 is 9.80 Å². The number of carbonyl (C=O) groups is 1. The minimum atomic E-state index is 0.0561. The van der Waals surface area contributed by atoms with Crippen molar-refractivity contribution in [2.45, 2.75) is 26.2 Å². The van der Waals surface area contributed by atoms with Gasteiger partial charge in [-0.05, 0) is 53.4 Å². The second-order valence-electron chi connectivity index (χ2n) is 10.1. The predicted molar refractivity (Wildman–Crippen MR) is 148 cm³/mol. The van der Waals surface area contributed by atoms with Crippen molar-refractivity contribution < 1.29 is 4.79 Å². The summed E-state index contributed by atoms with van der Waals surface area (Å²) in [6.07, 6.45) is 0. The zero-order valence-corrected chi connectivity index (χ0v) is 22.1. The number of halogens is 2. The Morgan fingerprint density at radius 1 is 0.861 bits per heavy atom. The molecule has 0 spiro atoms. The van der Waals surface area contributed by atoms with Crippen LogP contribution in [0.1, 0.15) is 36.7 Å². The first-order valence-corrected chi connectivity index (χ1v) is 12.8. The lowest BCUT2D eigenvalue weighted by Gasteiger charge is -2.36. The van der Waals surface area contributed by atoms with E-state index in [1.54, 1.807) is 0 Å². The van der Waals surface area contributed by atoms with Gasteiger partial charge in [0.05, 0.1) is 10.5 Å². The number of rotatable bonds is 3. The van der Waals surface area contributed by atoms with Gasteiger partial charge in [0.1, 0.15) is 5.82 Å². The highest BCUT2D eigenvalue weighted by molar-refractivity contribution is 6.33. The average Bonchev–Trinajstić information content (AvgIpc) is 2.87. The summed E-state index contributed by atoms with van der Waals surface area (Å²) in [6.45, 7) is 9.08. The number of amides is 1. The minimum Gasteiger partial charge on any atom is -0.352 e. The molecular formula is C29H28Cl2N4O. The van der Waals surface area contributed by atoms with Crippen molar-refractivity contribution in [2.75, 3.05) is 31.1 Å². The SMILES string of the molecule is CC(C)(C)c1ccc(C(=O)N2CCN(c3nc(-c4ccccc4Cl)nc4cc(Cl)ccc34)CC2)cc1. The van der Waals surface area contributed by atoms with Crippen LogP contribution < -0.4 is 4.90 Å². The molecule has 0 N–H and O–H groups in total. The third-order valence-corrected chi connectivity index (χ3v) is 7.18. The first kappa shape index (κ1) is 24.5. The number of hydrogen-bond acceptors (Lipinski definition) is 4. The fourth-order valence-corrected chi connectivity index (χ4v) is 4.89.